The summed E-state index contributed by atoms with van der Waals surface area (Å²) < 4.78 is 4.82. The van der Waals surface area contributed by atoms with Gasteiger partial charge < -0.3 is 40.2 Å². The number of nitrogens with one attached hydrogen (secondary N) is 4. The molecule has 59 heavy (non-hydrogen) atoms. The molecule has 5 aromatic rings. The summed E-state index contributed by atoms with van der Waals surface area (Å²) in [6, 6.07) is 19.2. The van der Waals surface area contributed by atoms with E-state index >= 15 is 0 Å². The summed E-state index contributed by atoms with van der Waals surface area (Å²) in [6.07, 6.45) is 5.37. The number of piperidine rings is 2. The van der Waals surface area contributed by atoms with E-state index in [-0.39, 0.29) is 47.8 Å². The number of hydrogen-bond acceptors (Lipinski definition) is 7. The second-order valence-corrected chi connectivity index (χ2v) is 17.3. The third kappa shape index (κ3) is 6.97. The van der Waals surface area contributed by atoms with Crippen LogP contribution in [0, 0.1) is 23.7 Å². The van der Waals surface area contributed by atoms with Crippen molar-refractivity contribution in [1.29, 1.82) is 0 Å². The Labute approximate surface area is 342 Å². The highest BCUT2D eigenvalue weighted by Crippen LogP contribution is 2.54. The molecule has 3 aromatic carbocycles. The molecule has 9 rings (SSSR count). The zero-order valence-corrected chi connectivity index (χ0v) is 33.8. The Hall–Kier alpha value is -6.18. The van der Waals surface area contributed by atoms with Gasteiger partial charge in [0.1, 0.15) is 23.7 Å². The number of rotatable bonds is 11. The third-order valence-corrected chi connectivity index (χ3v) is 12.9. The van der Waals surface area contributed by atoms with E-state index in [4.69, 9.17) is 14.7 Å². The number of likely N-dealkylation sites (tertiary alicyclic amines) is 2. The molecule has 2 aromatic heterocycles. The average Bonchev–Trinajstić information content (AvgIpc) is 3.82. The predicted molar refractivity (Wildman–Crippen MR) is 221 cm³/mol. The zero-order valence-electron chi connectivity index (χ0n) is 33.8. The van der Waals surface area contributed by atoms with Gasteiger partial charge in [-0.3, -0.25) is 9.59 Å². The first-order valence-electron chi connectivity index (χ1n) is 20.6. The first kappa shape index (κ1) is 38.3. The van der Waals surface area contributed by atoms with E-state index in [0.717, 1.165) is 75.9 Å². The monoisotopic (exact) mass is 798 g/mol. The number of carbonyl (C=O) groups excluding carboxylic acids is 3. The zero-order chi connectivity index (χ0) is 41.3. The Morgan fingerprint density at radius 3 is 1.71 bits per heavy atom. The number of amides is 4. The van der Waals surface area contributed by atoms with Crippen LogP contribution in [0.3, 0.4) is 0 Å². The highest BCUT2D eigenvalue weighted by atomic mass is 16.5. The molecule has 4 amide bonds. The fraction of sp³-hybridized carbons (Fsp3) is 0.422. The number of carboxylic acid groups (broad SMARTS) is 1. The molecule has 2 saturated heterocycles. The molecule has 0 unspecified atom stereocenters. The summed E-state index contributed by atoms with van der Waals surface area (Å²) in [6.45, 7) is 7.54. The van der Waals surface area contributed by atoms with Gasteiger partial charge in [0, 0.05) is 17.6 Å². The van der Waals surface area contributed by atoms with Crippen molar-refractivity contribution < 1.29 is 29.0 Å². The van der Waals surface area contributed by atoms with Crippen LogP contribution in [0.25, 0.3) is 44.4 Å². The number of benzene rings is 3. The molecular formula is C45H50N8O6. The van der Waals surface area contributed by atoms with Crippen molar-refractivity contribution in [3.8, 4) is 33.6 Å². The summed E-state index contributed by atoms with van der Waals surface area (Å²) in [4.78, 5) is 71.6. The lowest BCUT2D eigenvalue weighted by Crippen LogP contribution is -2.52. The van der Waals surface area contributed by atoms with Crippen molar-refractivity contribution in [2.24, 2.45) is 23.7 Å². The Bertz CT molecular complexity index is 2440. The number of H-pyrrole nitrogens is 2. The molecule has 306 valence electrons. The Balaban J connectivity index is 0.941. The van der Waals surface area contributed by atoms with Gasteiger partial charge in [0.2, 0.25) is 11.8 Å². The quantitative estimate of drug-likeness (QED) is 0.0923. The second-order valence-electron chi connectivity index (χ2n) is 17.3. The largest absolute Gasteiger partial charge is 0.465 e. The van der Waals surface area contributed by atoms with Crippen molar-refractivity contribution in [3.63, 3.8) is 0 Å². The maximum absolute atomic E-state index is 13.9. The number of aromatic nitrogens is 4. The molecule has 4 fully saturated rings. The SMILES string of the molecule is COC(=O)N[C@H](C(=O)N1[C@@H]2C[C@H]2C[C@H]1c1ncc(-c2cccc3c(-c4ccc(-c5cnc([C@@H]6C[C@H]7C[C@H]7N6C(=O)[C@@H](NC(=O)O)C(C)C)[nH]5)cc4)cccc23)[nH]1)C(C)C. The summed E-state index contributed by atoms with van der Waals surface area (Å²) in [5.41, 5.74) is 5.82. The molecular weight excluding hydrogens is 749 g/mol. The first-order valence-corrected chi connectivity index (χ1v) is 20.6. The fourth-order valence-electron chi connectivity index (χ4n) is 9.62. The molecule has 2 saturated carbocycles. The summed E-state index contributed by atoms with van der Waals surface area (Å²) >= 11 is 0. The van der Waals surface area contributed by atoms with Crippen LogP contribution in [-0.4, -0.2) is 90.1 Å². The average molecular weight is 799 g/mol. The number of ether oxygens (including phenoxy) is 1. The Morgan fingerprint density at radius 2 is 1.17 bits per heavy atom. The molecule has 2 aliphatic carbocycles. The van der Waals surface area contributed by atoms with E-state index in [9.17, 15) is 24.3 Å². The second kappa shape index (κ2) is 14.9. The van der Waals surface area contributed by atoms with Crippen molar-refractivity contribution in [2.75, 3.05) is 7.11 Å². The van der Waals surface area contributed by atoms with Crippen LogP contribution in [0.2, 0.25) is 0 Å². The molecule has 8 atom stereocenters. The van der Waals surface area contributed by atoms with Gasteiger partial charge in [-0.1, -0.05) is 88.4 Å². The predicted octanol–water partition coefficient (Wildman–Crippen LogP) is 7.28. The normalized spacial score (nSPS) is 23.8. The topological polar surface area (TPSA) is 186 Å². The summed E-state index contributed by atoms with van der Waals surface area (Å²) in [7, 11) is 1.30. The number of hydrogen-bond donors (Lipinski definition) is 5. The minimum atomic E-state index is -1.20. The molecule has 4 aliphatic rings. The number of alkyl carbamates (subject to hydrolysis) is 1. The number of methoxy groups -OCH3 is 1. The summed E-state index contributed by atoms with van der Waals surface area (Å²) in [5.74, 6) is 1.69. The number of aromatic amines is 2. The molecule has 14 nitrogen and oxygen atoms in total. The fourth-order valence-corrected chi connectivity index (χ4v) is 9.62. The van der Waals surface area contributed by atoms with Crippen LogP contribution in [0.15, 0.2) is 73.1 Å². The maximum atomic E-state index is 13.9. The van der Waals surface area contributed by atoms with E-state index in [1.165, 1.54) is 7.11 Å². The van der Waals surface area contributed by atoms with Crippen LogP contribution >= 0.6 is 0 Å². The van der Waals surface area contributed by atoms with Crippen LogP contribution in [0.1, 0.15) is 77.1 Å². The lowest BCUT2D eigenvalue weighted by atomic mass is 9.94. The number of nitrogens with zero attached hydrogens (tertiary/aromatic N) is 4. The molecule has 5 N–H and O–H groups in total. The van der Waals surface area contributed by atoms with Gasteiger partial charge in [-0.25, -0.2) is 19.6 Å². The first-order chi connectivity index (χ1) is 28.4. The molecule has 0 radical (unpaired) electrons. The van der Waals surface area contributed by atoms with Crippen LogP contribution in [-0.2, 0) is 14.3 Å². The van der Waals surface area contributed by atoms with E-state index in [1.807, 2.05) is 43.7 Å². The van der Waals surface area contributed by atoms with Gasteiger partial charge in [-0.2, -0.15) is 0 Å². The highest BCUT2D eigenvalue weighted by molar-refractivity contribution is 6.04. The van der Waals surface area contributed by atoms with Gasteiger partial charge in [0.05, 0.1) is 43.0 Å². The molecule has 2 aliphatic heterocycles. The summed E-state index contributed by atoms with van der Waals surface area (Å²) in [5, 5.41) is 16.7. The van der Waals surface area contributed by atoms with E-state index < -0.39 is 24.3 Å². The van der Waals surface area contributed by atoms with Crippen LogP contribution < -0.4 is 10.6 Å². The smallest absolute Gasteiger partial charge is 0.407 e. The third-order valence-electron chi connectivity index (χ3n) is 12.9. The number of carbonyl (C=O) groups is 4. The van der Waals surface area contributed by atoms with Gasteiger partial charge in [-0.15, -0.1) is 0 Å². The van der Waals surface area contributed by atoms with Crippen LogP contribution in [0.5, 0.6) is 0 Å². The Morgan fingerprint density at radius 1 is 0.678 bits per heavy atom. The van der Waals surface area contributed by atoms with E-state index in [1.54, 1.807) is 6.20 Å². The minimum absolute atomic E-state index is 0.108. The molecule has 0 bridgehead atoms. The lowest BCUT2D eigenvalue weighted by Gasteiger charge is -2.31. The standard InChI is InChI=1S/C45H50N8O6/c1-22(2)38(50-44(56)57)42(54)52-34-16-26(34)18-36(52)40-46-20-32(48-40)25-14-12-24(13-15-25)28-8-6-10-30-29(28)9-7-11-31(30)33-21-47-41(49-33)37-19-27-17-35(27)53(37)43(55)39(23(3)4)51-45(58)59-5/h6-15,20-23,26-27,34-39,50H,16-19H2,1-5H3,(H,46,48)(H,47,49)(H,51,58)(H,56,57)/t26-,27+,34-,35-,36+,37+,38+,39+/m1/s1. The van der Waals surface area contributed by atoms with Crippen molar-refractivity contribution >= 4 is 34.8 Å². The van der Waals surface area contributed by atoms with E-state index in [0.29, 0.717) is 17.7 Å². The number of imidazole rings is 2. The van der Waals surface area contributed by atoms with Crippen molar-refractivity contribution in [1.82, 2.24) is 40.4 Å². The van der Waals surface area contributed by atoms with Gasteiger partial charge in [0.25, 0.3) is 0 Å². The van der Waals surface area contributed by atoms with Gasteiger partial charge in [-0.05, 0) is 76.8 Å². The van der Waals surface area contributed by atoms with Gasteiger partial charge >= 0.3 is 12.2 Å². The Kier molecular flexibility index (Phi) is 9.67. The van der Waals surface area contributed by atoms with Gasteiger partial charge in [0.15, 0.2) is 0 Å². The maximum Gasteiger partial charge on any atom is 0.407 e. The molecule has 14 heteroatoms. The van der Waals surface area contributed by atoms with Crippen LogP contribution in [0.4, 0.5) is 9.59 Å². The number of fused-ring (bicyclic) bond motifs is 3. The highest BCUT2D eigenvalue weighted by Gasteiger charge is 2.57. The van der Waals surface area contributed by atoms with Crippen molar-refractivity contribution in [3.05, 3.63) is 84.7 Å². The minimum Gasteiger partial charge on any atom is -0.465 e. The molecule has 0 spiro atoms. The molecule has 4 heterocycles. The van der Waals surface area contributed by atoms with Crippen molar-refractivity contribution in [2.45, 2.75) is 89.6 Å². The van der Waals surface area contributed by atoms with E-state index in [2.05, 4.69) is 81.3 Å². The lowest BCUT2D eigenvalue weighted by molar-refractivity contribution is -0.137.